The normalized spacial score (nSPS) is 15.5. The number of ketones is 1. The molecule has 2 aromatic carbocycles. The number of carbonyl (C=O) groups is 1. The van der Waals surface area contributed by atoms with E-state index < -0.39 is 0 Å². The van der Waals surface area contributed by atoms with Crippen LogP contribution >= 0.6 is 0 Å². The third-order valence-corrected chi connectivity index (χ3v) is 6.04. The van der Waals surface area contributed by atoms with Crippen molar-refractivity contribution in [1.29, 1.82) is 0 Å². The topological polar surface area (TPSA) is 60.5 Å². The number of hydrogen-bond donors (Lipinski definition) is 1. The van der Waals surface area contributed by atoms with Gasteiger partial charge in [-0.1, -0.05) is 30.3 Å². The molecule has 0 radical (unpaired) electrons. The van der Waals surface area contributed by atoms with Crippen molar-refractivity contribution < 1.29 is 9.53 Å². The van der Waals surface area contributed by atoms with Gasteiger partial charge in [-0.25, -0.2) is 0 Å². The van der Waals surface area contributed by atoms with Gasteiger partial charge >= 0.3 is 0 Å². The zero-order valence-electron chi connectivity index (χ0n) is 17.7. The van der Waals surface area contributed by atoms with Crippen LogP contribution in [0.15, 0.2) is 54.7 Å². The molecule has 1 aromatic heterocycles. The Morgan fingerprint density at radius 2 is 1.73 bits per heavy atom. The van der Waals surface area contributed by atoms with Crippen molar-refractivity contribution in [2.45, 2.75) is 45.3 Å². The minimum absolute atomic E-state index is 0.132. The van der Waals surface area contributed by atoms with Gasteiger partial charge in [0.05, 0.1) is 5.69 Å². The van der Waals surface area contributed by atoms with Crippen molar-refractivity contribution in [1.82, 2.24) is 9.47 Å². The second-order valence-corrected chi connectivity index (χ2v) is 8.21. The third kappa shape index (κ3) is 4.68. The number of anilines is 1. The molecule has 0 atom stereocenters. The van der Waals surface area contributed by atoms with E-state index in [4.69, 9.17) is 10.5 Å². The molecule has 5 heteroatoms. The first-order valence-corrected chi connectivity index (χ1v) is 10.9. The number of ether oxygens (including phenoxy) is 1. The van der Waals surface area contributed by atoms with Gasteiger partial charge in [-0.3, -0.25) is 4.79 Å². The largest absolute Gasteiger partial charge is 0.488 e. The van der Waals surface area contributed by atoms with Crippen LogP contribution in [0, 0.1) is 0 Å². The summed E-state index contributed by atoms with van der Waals surface area (Å²) in [6.07, 6.45) is 6.61. The molecule has 1 saturated heterocycles. The van der Waals surface area contributed by atoms with Crippen LogP contribution in [0.5, 0.6) is 5.75 Å². The summed E-state index contributed by atoms with van der Waals surface area (Å²) in [5.41, 5.74) is 8.68. The predicted octanol–water partition coefficient (Wildman–Crippen LogP) is 4.75. The highest BCUT2D eigenvalue weighted by molar-refractivity contribution is 6.06. The number of nitrogens with two attached hydrogens (primary N) is 1. The molecule has 2 N–H and O–H groups in total. The Morgan fingerprint density at radius 3 is 2.50 bits per heavy atom. The zero-order valence-corrected chi connectivity index (χ0v) is 17.7. The van der Waals surface area contributed by atoms with Crippen LogP contribution in [0.3, 0.4) is 0 Å². The smallest absolute Gasteiger partial charge is 0.161 e. The summed E-state index contributed by atoms with van der Waals surface area (Å²) in [5, 5.41) is 1.06. The zero-order chi connectivity index (χ0) is 20.9. The molecular weight excluding hydrogens is 374 g/mol. The monoisotopic (exact) mass is 405 g/mol. The Kier molecular flexibility index (Phi) is 6.38. The molecule has 158 valence electrons. The number of nitrogens with zero attached hydrogens (tertiary/aromatic N) is 2. The van der Waals surface area contributed by atoms with Gasteiger partial charge in [0.15, 0.2) is 5.78 Å². The van der Waals surface area contributed by atoms with E-state index in [-0.39, 0.29) is 11.9 Å². The minimum Gasteiger partial charge on any atom is -0.488 e. The van der Waals surface area contributed by atoms with Crippen molar-refractivity contribution in [3.05, 3.63) is 60.3 Å². The SMILES string of the molecule is CC(=O)c1cn(CCCCN2CCC(Oc3ccccc3N)CC2)c2ccccc12. The Hall–Kier alpha value is -2.79. The first kappa shape index (κ1) is 20.5. The molecule has 30 heavy (non-hydrogen) atoms. The fraction of sp³-hybridized carbons (Fsp3) is 0.400. The standard InChI is InChI=1S/C25H31N3O2/c1-19(29)22-18-28(24-10-4-2-8-21(22)24)15-7-6-14-27-16-12-20(13-17-27)30-25-11-5-3-9-23(25)26/h2-5,8-11,18,20H,6-7,12-17,26H2,1H3. The van der Waals surface area contributed by atoms with Crippen LogP contribution in [0.4, 0.5) is 5.69 Å². The molecule has 0 spiro atoms. The van der Waals surface area contributed by atoms with Gasteiger partial charge < -0.3 is 19.9 Å². The average Bonchev–Trinajstić information content (AvgIpc) is 3.13. The van der Waals surface area contributed by atoms with Crippen LogP contribution in [0.25, 0.3) is 10.9 Å². The number of unbranched alkanes of at least 4 members (excludes halogenated alkanes) is 1. The molecule has 4 rings (SSSR count). The fourth-order valence-electron chi connectivity index (χ4n) is 4.35. The maximum absolute atomic E-state index is 11.9. The van der Waals surface area contributed by atoms with E-state index in [9.17, 15) is 4.79 Å². The second-order valence-electron chi connectivity index (χ2n) is 8.21. The molecule has 0 unspecified atom stereocenters. The van der Waals surface area contributed by atoms with Crippen LogP contribution in [0.1, 0.15) is 43.0 Å². The van der Waals surface area contributed by atoms with Crippen molar-refractivity contribution >= 4 is 22.4 Å². The highest BCUT2D eigenvalue weighted by Gasteiger charge is 2.20. The first-order chi connectivity index (χ1) is 14.6. The molecule has 1 fully saturated rings. The molecule has 1 aliphatic heterocycles. The van der Waals surface area contributed by atoms with E-state index in [2.05, 4.69) is 15.5 Å². The van der Waals surface area contributed by atoms with E-state index in [1.807, 2.05) is 48.7 Å². The lowest BCUT2D eigenvalue weighted by atomic mass is 10.1. The summed E-state index contributed by atoms with van der Waals surface area (Å²) >= 11 is 0. The summed E-state index contributed by atoms with van der Waals surface area (Å²) < 4.78 is 8.33. The average molecular weight is 406 g/mol. The number of piperidine rings is 1. The lowest BCUT2D eigenvalue weighted by Crippen LogP contribution is -2.38. The van der Waals surface area contributed by atoms with Crippen molar-refractivity contribution in [3.63, 3.8) is 0 Å². The van der Waals surface area contributed by atoms with E-state index in [0.29, 0.717) is 5.69 Å². The highest BCUT2D eigenvalue weighted by atomic mass is 16.5. The van der Waals surface area contributed by atoms with Crippen molar-refractivity contribution in [3.8, 4) is 5.75 Å². The van der Waals surface area contributed by atoms with Gasteiger partial charge in [0.25, 0.3) is 0 Å². The number of benzene rings is 2. The number of Topliss-reactive ketones (excluding diaryl/α,β-unsaturated/α-hetero) is 1. The molecule has 0 aliphatic carbocycles. The van der Waals surface area contributed by atoms with Gasteiger partial charge in [0.2, 0.25) is 0 Å². The number of fused-ring (bicyclic) bond motifs is 1. The molecule has 0 bridgehead atoms. The van der Waals surface area contributed by atoms with Crippen LogP contribution in [0.2, 0.25) is 0 Å². The van der Waals surface area contributed by atoms with Crippen LogP contribution in [-0.2, 0) is 6.54 Å². The quantitative estimate of drug-likeness (QED) is 0.334. The van der Waals surface area contributed by atoms with E-state index in [1.165, 1.54) is 0 Å². The van der Waals surface area contributed by atoms with Crippen LogP contribution < -0.4 is 10.5 Å². The van der Waals surface area contributed by atoms with E-state index in [1.54, 1.807) is 6.92 Å². The first-order valence-electron chi connectivity index (χ1n) is 10.9. The number of aromatic nitrogens is 1. The second kappa shape index (κ2) is 9.35. The van der Waals surface area contributed by atoms with E-state index in [0.717, 1.165) is 74.1 Å². The Morgan fingerprint density at radius 1 is 1.03 bits per heavy atom. The summed E-state index contributed by atoms with van der Waals surface area (Å²) in [6.45, 7) is 5.84. The highest BCUT2D eigenvalue weighted by Crippen LogP contribution is 2.25. The van der Waals surface area contributed by atoms with Crippen molar-refractivity contribution in [2.75, 3.05) is 25.4 Å². The fourth-order valence-corrected chi connectivity index (χ4v) is 4.35. The van der Waals surface area contributed by atoms with Crippen molar-refractivity contribution in [2.24, 2.45) is 0 Å². The molecule has 0 amide bonds. The number of carbonyl (C=O) groups excluding carboxylic acids is 1. The molecule has 2 heterocycles. The summed E-state index contributed by atoms with van der Waals surface area (Å²) in [6, 6.07) is 15.9. The number of nitrogen functional groups attached to an aromatic ring is 1. The lowest BCUT2D eigenvalue weighted by molar-refractivity contribution is 0.0999. The number of para-hydroxylation sites is 3. The molecular formula is C25H31N3O2. The van der Waals surface area contributed by atoms with Gasteiger partial charge in [-0.05, 0) is 57.4 Å². The third-order valence-electron chi connectivity index (χ3n) is 6.04. The summed E-state index contributed by atoms with van der Waals surface area (Å²) in [4.78, 5) is 14.5. The molecule has 3 aromatic rings. The summed E-state index contributed by atoms with van der Waals surface area (Å²) in [7, 11) is 0. The van der Waals surface area contributed by atoms with Gasteiger partial charge in [-0.15, -0.1) is 0 Å². The van der Waals surface area contributed by atoms with Gasteiger partial charge in [0.1, 0.15) is 11.9 Å². The minimum atomic E-state index is 0.132. The molecule has 1 aliphatic rings. The lowest BCUT2D eigenvalue weighted by Gasteiger charge is -2.32. The molecule has 0 saturated carbocycles. The Balaban J connectivity index is 1.22. The predicted molar refractivity (Wildman–Crippen MR) is 122 cm³/mol. The van der Waals surface area contributed by atoms with Gasteiger partial charge in [0, 0.05) is 42.3 Å². The number of hydrogen-bond acceptors (Lipinski definition) is 4. The van der Waals surface area contributed by atoms with E-state index >= 15 is 0 Å². The maximum Gasteiger partial charge on any atom is 0.161 e. The van der Waals surface area contributed by atoms with Gasteiger partial charge in [-0.2, -0.15) is 0 Å². The van der Waals surface area contributed by atoms with Crippen LogP contribution in [-0.4, -0.2) is 41.0 Å². The molecule has 5 nitrogen and oxygen atoms in total. The number of likely N-dealkylation sites (tertiary alicyclic amines) is 1. The number of aryl methyl sites for hydroxylation is 1. The summed E-state index contributed by atoms with van der Waals surface area (Å²) in [5.74, 6) is 0.937. The Labute approximate surface area is 178 Å². The number of rotatable bonds is 8. The Bertz CT molecular complexity index is 1000. The maximum atomic E-state index is 11.9.